The second kappa shape index (κ2) is 4.52. The summed E-state index contributed by atoms with van der Waals surface area (Å²) in [5.41, 5.74) is 3.35. The normalized spacial score (nSPS) is 29.9. The predicted molar refractivity (Wildman–Crippen MR) is 74.4 cm³/mol. The third-order valence-electron chi connectivity index (χ3n) is 3.96. The first-order chi connectivity index (χ1) is 7.51. The molecule has 0 heterocycles. The van der Waals surface area contributed by atoms with Crippen LogP contribution in [0.25, 0.3) is 0 Å². The summed E-state index contributed by atoms with van der Waals surface area (Å²) < 4.78 is 0. The fourth-order valence-electron chi connectivity index (χ4n) is 2.70. The van der Waals surface area contributed by atoms with Crippen LogP contribution in [0.5, 0.6) is 0 Å². The topological polar surface area (TPSA) is 0 Å². The van der Waals surface area contributed by atoms with E-state index in [9.17, 15) is 0 Å². The summed E-state index contributed by atoms with van der Waals surface area (Å²) in [6.07, 6.45) is 3.89. The first-order valence-corrected chi connectivity index (χ1v) is 7.17. The molecule has 2 atom stereocenters. The summed E-state index contributed by atoms with van der Waals surface area (Å²) in [5.74, 6) is 0.634. The molecule has 0 spiro atoms. The summed E-state index contributed by atoms with van der Waals surface area (Å²) in [5, 5.41) is 0. The van der Waals surface area contributed by atoms with Gasteiger partial charge < -0.3 is 0 Å². The first-order valence-electron chi connectivity index (χ1n) is 6.26. The molecule has 0 radical (unpaired) electrons. The molecule has 1 aliphatic carbocycles. The van der Waals surface area contributed by atoms with Crippen LogP contribution in [-0.4, -0.2) is 4.83 Å². The lowest BCUT2D eigenvalue weighted by Gasteiger charge is -2.25. The Balaban J connectivity index is 2.21. The van der Waals surface area contributed by atoms with Gasteiger partial charge in [0, 0.05) is 4.83 Å². The molecule has 1 aliphatic rings. The van der Waals surface area contributed by atoms with Crippen LogP contribution in [0.1, 0.15) is 57.1 Å². The van der Waals surface area contributed by atoms with Gasteiger partial charge in [-0.05, 0) is 41.7 Å². The van der Waals surface area contributed by atoms with Crippen molar-refractivity contribution in [2.24, 2.45) is 0 Å². The van der Waals surface area contributed by atoms with Crippen LogP contribution >= 0.6 is 15.9 Å². The highest BCUT2D eigenvalue weighted by Gasteiger charge is 2.35. The molecule has 1 heteroatoms. The molecule has 0 amide bonds. The van der Waals surface area contributed by atoms with E-state index in [4.69, 9.17) is 0 Å². The highest BCUT2D eigenvalue weighted by atomic mass is 79.9. The van der Waals surface area contributed by atoms with Gasteiger partial charge in [-0.1, -0.05) is 61.0 Å². The molecule has 88 valence electrons. The zero-order valence-electron chi connectivity index (χ0n) is 10.5. The lowest BCUT2D eigenvalue weighted by atomic mass is 9.80. The largest absolute Gasteiger partial charge is 0.0890 e. The minimum Gasteiger partial charge on any atom is -0.0890 e. The van der Waals surface area contributed by atoms with Crippen molar-refractivity contribution in [2.75, 3.05) is 0 Å². The van der Waals surface area contributed by atoms with E-state index < -0.39 is 0 Å². The average molecular weight is 281 g/mol. The highest BCUT2D eigenvalue weighted by Crippen LogP contribution is 2.43. The van der Waals surface area contributed by atoms with E-state index in [2.05, 4.69) is 61.0 Å². The van der Waals surface area contributed by atoms with Crippen LogP contribution < -0.4 is 0 Å². The molecular formula is C15H21Br. The Morgan fingerprint density at radius 2 is 1.88 bits per heavy atom. The van der Waals surface area contributed by atoms with Gasteiger partial charge in [0.2, 0.25) is 0 Å². The molecule has 0 N–H and O–H groups in total. The molecule has 1 fully saturated rings. The fourth-order valence-corrected chi connectivity index (χ4v) is 3.64. The first kappa shape index (κ1) is 12.2. The van der Waals surface area contributed by atoms with Crippen LogP contribution in [-0.2, 0) is 5.41 Å². The third-order valence-corrected chi connectivity index (χ3v) is 4.74. The summed E-state index contributed by atoms with van der Waals surface area (Å²) in [4.78, 5) is 0.710. The van der Waals surface area contributed by atoms with Crippen LogP contribution in [0, 0.1) is 0 Å². The minimum absolute atomic E-state index is 0.393. The fraction of sp³-hybridized carbons (Fsp3) is 0.600. The number of benzene rings is 1. The summed E-state index contributed by atoms with van der Waals surface area (Å²) in [7, 11) is 0. The van der Waals surface area contributed by atoms with Crippen molar-refractivity contribution in [3.05, 3.63) is 35.4 Å². The molecule has 0 aliphatic heterocycles. The van der Waals surface area contributed by atoms with Crippen LogP contribution in [0.4, 0.5) is 0 Å². The molecule has 1 saturated carbocycles. The van der Waals surface area contributed by atoms with E-state index in [0.717, 1.165) is 0 Å². The van der Waals surface area contributed by atoms with E-state index in [1.165, 1.54) is 30.4 Å². The van der Waals surface area contributed by atoms with Gasteiger partial charge in [0.1, 0.15) is 0 Å². The maximum Gasteiger partial charge on any atom is 0.0154 e. The van der Waals surface area contributed by atoms with Crippen molar-refractivity contribution in [1.29, 1.82) is 0 Å². The Morgan fingerprint density at radius 1 is 1.25 bits per heavy atom. The number of hydrogen-bond donors (Lipinski definition) is 0. The monoisotopic (exact) mass is 280 g/mol. The lowest BCUT2D eigenvalue weighted by Crippen LogP contribution is -2.17. The highest BCUT2D eigenvalue weighted by molar-refractivity contribution is 9.09. The molecule has 0 nitrogen and oxygen atoms in total. The van der Waals surface area contributed by atoms with Crippen molar-refractivity contribution < 1.29 is 0 Å². The molecule has 2 rings (SSSR count). The maximum atomic E-state index is 3.75. The van der Waals surface area contributed by atoms with Gasteiger partial charge in [0.15, 0.2) is 0 Å². The number of halogens is 1. The zero-order valence-corrected chi connectivity index (χ0v) is 12.0. The van der Waals surface area contributed by atoms with Crippen LogP contribution in [0.15, 0.2) is 24.3 Å². The van der Waals surface area contributed by atoms with Crippen LogP contribution in [0.2, 0.25) is 0 Å². The van der Waals surface area contributed by atoms with Gasteiger partial charge in [-0.2, -0.15) is 0 Å². The lowest BCUT2D eigenvalue weighted by molar-refractivity contribution is 0.493. The van der Waals surface area contributed by atoms with E-state index in [1.54, 1.807) is 0 Å². The van der Waals surface area contributed by atoms with Gasteiger partial charge >= 0.3 is 0 Å². The SMILES string of the molecule is CC(C)c1ccc(C2(C)CCC(Br)C2)cc1. The van der Waals surface area contributed by atoms with Crippen molar-refractivity contribution >= 4 is 15.9 Å². The smallest absolute Gasteiger partial charge is 0.0154 e. The zero-order chi connectivity index (χ0) is 11.8. The second-order valence-corrected chi connectivity index (χ2v) is 6.97. The molecule has 1 aromatic carbocycles. The Bertz CT molecular complexity index is 352. The summed E-state index contributed by atoms with van der Waals surface area (Å²) >= 11 is 3.75. The number of alkyl halides is 1. The van der Waals surface area contributed by atoms with E-state index >= 15 is 0 Å². The van der Waals surface area contributed by atoms with Crippen molar-refractivity contribution in [1.82, 2.24) is 0 Å². The van der Waals surface area contributed by atoms with Gasteiger partial charge in [0.05, 0.1) is 0 Å². The Morgan fingerprint density at radius 3 is 2.31 bits per heavy atom. The molecule has 16 heavy (non-hydrogen) atoms. The van der Waals surface area contributed by atoms with Gasteiger partial charge in [0.25, 0.3) is 0 Å². The molecule has 1 aromatic rings. The number of hydrogen-bond acceptors (Lipinski definition) is 0. The van der Waals surface area contributed by atoms with Gasteiger partial charge in [-0.3, -0.25) is 0 Å². The average Bonchev–Trinajstić information content (AvgIpc) is 2.60. The minimum atomic E-state index is 0.393. The summed E-state index contributed by atoms with van der Waals surface area (Å²) in [6.45, 7) is 6.90. The van der Waals surface area contributed by atoms with E-state index in [1.807, 2.05) is 0 Å². The standard InChI is InChI=1S/C15H21Br/c1-11(2)12-4-6-13(7-5-12)15(3)9-8-14(16)10-15/h4-7,11,14H,8-10H2,1-3H3. The predicted octanol–water partition coefficient (Wildman–Crippen LogP) is 5.02. The molecule has 0 saturated heterocycles. The van der Waals surface area contributed by atoms with Crippen molar-refractivity contribution in [2.45, 2.75) is 56.2 Å². The Kier molecular flexibility index (Phi) is 3.44. The van der Waals surface area contributed by atoms with E-state index in [-0.39, 0.29) is 0 Å². The molecular weight excluding hydrogens is 260 g/mol. The molecule has 2 unspecified atom stereocenters. The van der Waals surface area contributed by atoms with Gasteiger partial charge in [-0.25, -0.2) is 0 Å². The second-order valence-electron chi connectivity index (χ2n) is 5.68. The maximum absolute atomic E-state index is 3.75. The summed E-state index contributed by atoms with van der Waals surface area (Å²) in [6, 6.07) is 9.26. The quantitative estimate of drug-likeness (QED) is 0.668. The molecule has 0 aromatic heterocycles. The van der Waals surface area contributed by atoms with E-state index in [0.29, 0.717) is 16.2 Å². The molecule has 0 bridgehead atoms. The van der Waals surface area contributed by atoms with Crippen molar-refractivity contribution in [3.8, 4) is 0 Å². The number of rotatable bonds is 2. The third kappa shape index (κ3) is 2.34. The Hall–Kier alpha value is -0.300. The Labute approximate surface area is 108 Å². The van der Waals surface area contributed by atoms with Crippen molar-refractivity contribution in [3.63, 3.8) is 0 Å². The van der Waals surface area contributed by atoms with Gasteiger partial charge in [-0.15, -0.1) is 0 Å². The van der Waals surface area contributed by atoms with Crippen LogP contribution in [0.3, 0.4) is 0 Å².